The molecule has 1 fully saturated rings. The first-order valence-electron chi connectivity index (χ1n) is 11.1. The average molecular weight is 390 g/mol. The van der Waals surface area contributed by atoms with Crippen LogP contribution in [0.2, 0.25) is 0 Å². The fourth-order valence-electron chi connectivity index (χ4n) is 5.40. The zero-order valence-electron chi connectivity index (χ0n) is 18.3. The maximum absolute atomic E-state index is 6.34. The lowest BCUT2D eigenvalue weighted by Crippen LogP contribution is -2.58. The molecule has 0 saturated carbocycles. The van der Waals surface area contributed by atoms with Gasteiger partial charge in [0.1, 0.15) is 0 Å². The fourth-order valence-corrected chi connectivity index (χ4v) is 5.40. The molecule has 2 heterocycles. The molecule has 0 bridgehead atoms. The van der Waals surface area contributed by atoms with Gasteiger partial charge in [-0.2, -0.15) is 0 Å². The van der Waals surface area contributed by atoms with E-state index in [0.29, 0.717) is 17.8 Å². The Morgan fingerprint density at radius 3 is 1.93 bits per heavy atom. The molecule has 2 aliphatic heterocycles. The van der Waals surface area contributed by atoms with Gasteiger partial charge in [-0.15, -0.1) is 0 Å². The predicted octanol–water partition coefficient (Wildman–Crippen LogP) is 6.40. The molecule has 0 radical (unpaired) electrons. The molecule has 4 rings (SSSR count). The van der Waals surface area contributed by atoms with Gasteiger partial charge >= 0.3 is 0 Å². The number of piperidine rings is 1. The minimum Gasteiger partial charge on any atom is -0.497 e. The van der Waals surface area contributed by atoms with E-state index in [9.17, 15) is 0 Å². The Morgan fingerprint density at radius 2 is 1.38 bits per heavy atom. The zero-order valence-corrected chi connectivity index (χ0v) is 18.3. The SMILES string of the molecule is CC1(C)CC(C2=CCC(c3ccc(C4C=CC=CC=C4)cc3)CO2)CC(C)(C)N1. The standard InChI is InChI=1S/C27H35NO/c1-26(2)17-24(18-27(3,4)28-26)25-16-15-23(19-29-25)22-13-11-21(12-14-22)20-9-7-5-6-8-10-20/h5-14,16,20,23-24,28H,15,17-19H2,1-4H3. The van der Waals surface area contributed by atoms with Crippen molar-refractivity contribution in [3.05, 3.63) is 83.7 Å². The van der Waals surface area contributed by atoms with Gasteiger partial charge in [-0.25, -0.2) is 0 Å². The van der Waals surface area contributed by atoms with Crippen molar-refractivity contribution in [3.63, 3.8) is 0 Å². The normalized spacial score (nSPS) is 26.6. The van der Waals surface area contributed by atoms with E-state index in [1.165, 1.54) is 16.9 Å². The Hall–Kier alpha value is -2.06. The third-order valence-electron chi connectivity index (χ3n) is 6.41. The Bertz CT molecular complexity index is 806. The summed E-state index contributed by atoms with van der Waals surface area (Å²) in [6, 6.07) is 9.13. The molecule has 1 aromatic carbocycles. The quantitative estimate of drug-likeness (QED) is 0.646. The monoisotopic (exact) mass is 389 g/mol. The van der Waals surface area contributed by atoms with Crippen molar-refractivity contribution in [3.8, 4) is 0 Å². The Kier molecular flexibility index (Phi) is 5.57. The molecule has 3 aliphatic rings. The van der Waals surface area contributed by atoms with Crippen molar-refractivity contribution in [1.82, 2.24) is 5.32 Å². The van der Waals surface area contributed by atoms with E-state index < -0.39 is 0 Å². The summed E-state index contributed by atoms with van der Waals surface area (Å²) in [7, 11) is 0. The van der Waals surface area contributed by atoms with Gasteiger partial charge in [0.2, 0.25) is 0 Å². The number of benzene rings is 1. The number of nitrogens with one attached hydrogen (secondary N) is 1. The number of allylic oxidation sites excluding steroid dienone is 8. The summed E-state index contributed by atoms with van der Waals surface area (Å²) < 4.78 is 6.34. The summed E-state index contributed by atoms with van der Waals surface area (Å²) in [5.41, 5.74) is 3.03. The van der Waals surface area contributed by atoms with Gasteiger partial charge in [0, 0.05) is 28.8 Å². The first-order chi connectivity index (χ1) is 13.8. The minimum atomic E-state index is 0.152. The van der Waals surface area contributed by atoms with Crippen molar-refractivity contribution in [2.45, 2.75) is 69.9 Å². The van der Waals surface area contributed by atoms with Gasteiger partial charge in [-0.1, -0.05) is 60.7 Å². The third kappa shape index (κ3) is 4.93. The summed E-state index contributed by atoms with van der Waals surface area (Å²) >= 11 is 0. The highest BCUT2D eigenvalue weighted by Gasteiger charge is 2.40. The fraction of sp³-hybridized carbons (Fsp3) is 0.481. The molecular formula is C27H35NO. The summed E-state index contributed by atoms with van der Waals surface area (Å²) in [5.74, 6) is 2.56. The van der Waals surface area contributed by atoms with Crippen LogP contribution in [-0.2, 0) is 4.74 Å². The first kappa shape index (κ1) is 20.2. The number of ether oxygens (including phenoxy) is 1. The molecule has 2 heteroatoms. The summed E-state index contributed by atoms with van der Waals surface area (Å²) in [6.45, 7) is 10.0. The van der Waals surface area contributed by atoms with Crippen LogP contribution in [0.4, 0.5) is 0 Å². The van der Waals surface area contributed by atoms with Crippen LogP contribution in [0.25, 0.3) is 0 Å². The van der Waals surface area contributed by atoms with Gasteiger partial charge in [0.05, 0.1) is 12.4 Å². The molecule has 1 aliphatic carbocycles. The zero-order chi connectivity index (χ0) is 20.5. The van der Waals surface area contributed by atoms with Crippen molar-refractivity contribution < 1.29 is 4.74 Å². The van der Waals surface area contributed by atoms with Crippen LogP contribution in [0.15, 0.2) is 72.6 Å². The molecule has 0 spiro atoms. The number of hydrogen-bond acceptors (Lipinski definition) is 2. The molecule has 1 aromatic rings. The molecule has 29 heavy (non-hydrogen) atoms. The van der Waals surface area contributed by atoms with Crippen LogP contribution < -0.4 is 5.32 Å². The van der Waals surface area contributed by atoms with Crippen LogP contribution in [0.5, 0.6) is 0 Å². The summed E-state index contributed by atoms with van der Waals surface area (Å²) in [6.07, 6.45) is 18.6. The van der Waals surface area contributed by atoms with Crippen LogP contribution >= 0.6 is 0 Å². The Morgan fingerprint density at radius 1 is 0.793 bits per heavy atom. The Labute approximate surface area is 176 Å². The highest BCUT2D eigenvalue weighted by molar-refractivity contribution is 5.36. The van der Waals surface area contributed by atoms with Crippen molar-refractivity contribution in [1.29, 1.82) is 0 Å². The maximum atomic E-state index is 6.34. The molecule has 0 amide bonds. The number of rotatable bonds is 3. The molecular weight excluding hydrogens is 354 g/mol. The van der Waals surface area contributed by atoms with Crippen molar-refractivity contribution in [2.75, 3.05) is 6.61 Å². The molecule has 1 unspecified atom stereocenters. The van der Waals surface area contributed by atoms with E-state index in [1.54, 1.807) is 0 Å². The largest absolute Gasteiger partial charge is 0.497 e. The van der Waals surface area contributed by atoms with Crippen LogP contribution in [-0.4, -0.2) is 17.7 Å². The van der Waals surface area contributed by atoms with E-state index in [2.05, 4.69) is 99.8 Å². The predicted molar refractivity (Wildman–Crippen MR) is 122 cm³/mol. The van der Waals surface area contributed by atoms with E-state index in [-0.39, 0.29) is 11.1 Å². The lowest BCUT2D eigenvalue weighted by Gasteiger charge is -2.47. The molecule has 2 nitrogen and oxygen atoms in total. The van der Waals surface area contributed by atoms with Gasteiger partial charge in [0.25, 0.3) is 0 Å². The van der Waals surface area contributed by atoms with E-state index in [4.69, 9.17) is 4.74 Å². The second-order valence-corrected chi connectivity index (χ2v) is 10.2. The third-order valence-corrected chi connectivity index (χ3v) is 6.41. The maximum Gasteiger partial charge on any atom is 0.0952 e. The molecule has 1 atom stereocenters. The van der Waals surface area contributed by atoms with E-state index >= 15 is 0 Å². The average Bonchev–Trinajstić information content (AvgIpc) is 2.95. The lowest BCUT2D eigenvalue weighted by molar-refractivity contribution is 0.0794. The Balaban J connectivity index is 1.42. The van der Waals surface area contributed by atoms with Crippen LogP contribution in [0.1, 0.15) is 69.9 Å². The molecule has 1 N–H and O–H groups in total. The topological polar surface area (TPSA) is 21.3 Å². The van der Waals surface area contributed by atoms with Crippen LogP contribution in [0.3, 0.4) is 0 Å². The van der Waals surface area contributed by atoms with E-state index in [0.717, 1.165) is 25.9 Å². The minimum absolute atomic E-state index is 0.152. The number of hydrogen-bond donors (Lipinski definition) is 1. The highest BCUT2D eigenvalue weighted by atomic mass is 16.5. The van der Waals surface area contributed by atoms with Crippen molar-refractivity contribution >= 4 is 0 Å². The van der Waals surface area contributed by atoms with Gasteiger partial charge in [0.15, 0.2) is 0 Å². The second kappa shape index (κ2) is 7.99. The summed E-state index contributed by atoms with van der Waals surface area (Å²) in [4.78, 5) is 0. The first-order valence-corrected chi connectivity index (χ1v) is 11.1. The molecule has 0 aromatic heterocycles. The van der Waals surface area contributed by atoms with Crippen LogP contribution in [0, 0.1) is 5.92 Å². The highest BCUT2D eigenvalue weighted by Crippen LogP contribution is 2.40. The van der Waals surface area contributed by atoms with Crippen molar-refractivity contribution in [2.24, 2.45) is 5.92 Å². The molecule has 1 saturated heterocycles. The van der Waals surface area contributed by atoms with Gasteiger partial charge in [-0.3, -0.25) is 0 Å². The molecule has 154 valence electrons. The van der Waals surface area contributed by atoms with E-state index in [1.807, 2.05) is 0 Å². The van der Waals surface area contributed by atoms with Gasteiger partial charge in [-0.05, 0) is 64.2 Å². The smallest absolute Gasteiger partial charge is 0.0952 e. The van der Waals surface area contributed by atoms with Gasteiger partial charge < -0.3 is 10.1 Å². The second-order valence-electron chi connectivity index (χ2n) is 10.2. The summed E-state index contributed by atoms with van der Waals surface area (Å²) in [5, 5.41) is 3.78. The lowest BCUT2D eigenvalue weighted by atomic mass is 9.74.